The third kappa shape index (κ3) is 4.91. The van der Waals surface area contributed by atoms with Crippen molar-refractivity contribution in [1.29, 1.82) is 0 Å². The largest absolute Gasteiger partial charge is 0.390 e. The summed E-state index contributed by atoms with van der Waals surface area (Å²) in [5, 5.41) is 10.9. The molecule has 3 atom stereocenters. The predicted octanol–water partition coefficient (Wildman–Crippen LogP) is 1.76. The first-order valence-corrected chi connectivity index (χ1v) is 9.96. The average molecular weight is 319 g/mol. The molecule has 0 aromatic heterocycles. The lowest BCUT2D eigenvalue weighted by Crippen LogP contribution is -2.46. The molecule has 0 saturated carbocycles. The van der Waals surface area contributed by atoms with Gasteiger partial charge in [-0.2, -0.15) is 0 Å². The number of sulfonamides is 1. The average Bonchev–Trinajstić information content (AvgIpc) is 2.38. The first-order chi connectivity index (χ1) is 9.82. The number of nitrogens with zero attached hydrogens (tertiary/aromatic N) is 1. The summed E-state index contributed by atoms with van der Waals surface area (Å²) >= 11 is 0. The molecule has 124 valence electrons. The summed E-state index contributed by atoms with van der Waals surface area (Å²) in [5.41, 5.74) is -0.677. The molecule has 2 aliphatic rings. The van der Waals surface area contributed by atoms with E-state index < -0.39 is 15.6 Å². The van der Waals surface area contributed by atoms with Crippen molar-refractivity contribution in [1.82, 2.24) is 4.31 Å². The summed E-state index contributed by atoms with van der Waals surface area (Å²) in [6.45, 7) is 3.92. The second-order valence-electron chi connectivity index (χ2n) is 6.79. The Morgan fingerprint density at radius 1 is 1.43 bits per heavy atom. The summed E-state index contributed by atoms with van der Waals surface area (Å²) < 4.78 is 30.6. The Labute approximate surface area is 128 Å². The smallest absolute Gasteiger partial charge is 0.211 e. The number of rotatable bonds is 5. The highest BCUT2D eigenvalue weighted by molar-refractivity contribution is 7.88. The molecule has 0 spiro atoms. The monoisotopic (exact) mass is 319 g/mol. The van der Waals surface area contributed by atoms with Crippen LogP contribution in [0.15, 0.2) is 0 Å². The van der Waals surface area contributed by atoms with Crippen molar-refractivity contribution in [3.8, 4) is 0 Å². The fourth-order valence-electron chi connectivity index (χ4n) is 3.73. The highest BCUT2D eigenvalue weighted by atomic mass is 32.2. The van der Waals surface area contributed by atoms with Crippen molar-refractivity contribution in [2.75, 3.05) is 26.0 Å². The summed E-state index contributed by atoms with van der Waals surface area (Å²) in [5.74, 6) is 0.263. The van der Waals surface area contributed by atoms with Gasteiger partial charge in [-0.05, 0) is 38.0 Å². The minimum Gasteiger partial charge on any atom is -0.390 e. The van der Waals surface area contributed by atoms with Crippen LogP contribution in [0.2, 0.25) is 0 Å². The molecule has 2 aliphatic heterocycles. The van der Waals surface area contributed by atoms with Crippen LogP contribution in [0, 0.1) is 5.92 Å². The van der Waals surface area contributed by atoms with Crippen LogP contribution in [0.3, 0.4) is 0 Å². The summed E-state index contributed by atoms with van der Waals surface area (Å²) in [6, 6.07) is 0. The van der Waals surface area contributed by atoms with Gasteiger partial charge >= 0.3 is 0 Å². The van der Waals surface area contributed by atoms with Crippen LogP contribution in [0.4, 0.5) is 0 Å². The minimum absolute atomic E-state index is 0.156. The molecule has 3 unspecified atom stereocenters. The molecule has 2 rings (SSSR count). The van der Waals surface area contributed by atoms with Gasteiger partial charge in [-0.15, -0.1) is 0 Å². The van der Waals surface area contributed by atoms with Crippen LogP contribution in [-0.4, -0.2) is 55.5 Å². The zero-order chi connectivity index (χ0) is 15.5. The Balaban J connectivity index is 1.93. The number of hydrogen-bond acceptors (Lipinski definition) is 4. The van der Waals surface area contributed by atoms with Gasteiger partial charge in [0.15, 0.2) is 0 Å². The van der Waals surface area contributed by atoms with E-state index in [9.17, 15) is 13.5 Å². The topological polar surface area (TPSA) is 66.8 Å². The van der Waals surface area contributed by atoms with E-state index in [0.29, 0.717) is 39.0 Å². The quantitative estimate of drug-likeness (QED) is 0.838. The zero-order valence-corrected chi connectivity index (χ0v) is 14.1. The molecule has 6 heteroatoms. The lowest BCUT2D eigenvalue weighted by Gasteiger charge is -2.41. The molecule has 0 radical (unpaired) electrons. The van der Waals surface area contributed by atoms with Gasteiger partial charge in [-0.1, -0.05) is 13.3 Å². The lowest BCUT2D eigenvalue weighted by molar-refractivity contribution is -0.116. The van der Waals surface area contributed by atoms with Crippen molar-refractivity contribution in [3.05, 3.63) is 0 Å². The van der Waals surface area contributed by atoms with Crippen molar-refractivity contribution in [2.24, 2.45) is 5.92 Å². The maximum Gasteiger partial charge on any atom is 0.211 e. The predicted molar refractivity (Wildman–Crippen MR) is 82.6 cm³/mol. The second-order valence-corrected chi connectivity index (χ2v) is 8.78. The number of aliphatic hydroxyl groups is 1. The van der Waals surface area contributed by atoms with Crippen molar-refractivity contribution < 1.29 is 18.3 Å². The maximum absolute atomic E-state index is 11.7. The van der Waals surface area contributed by atoms with Crippen LogP contribution in [0.25, 0.3) is 0 Å². The van der Waals surface area contributed by atoms with Gasteiger partial charge in [0, 0.05) is 26.1 Å². The van der Waals surface area contributed by atoms with E-state index in [2.05, 4.69) is 6.92 Å². The molecule has 2 saturated heterocycles. The number of piperidine rings is 1. The van der Waals surface area contributed by atoms with Gasteiger partial charge in [-0.25, -0.2) is 12.7 Å². The van der Waals surface area contributed by atoms with Crippen LogP contribution >= 0.6 is 0 Å². The molecular formula is C15H29NO4S. The van der Waals surface area contributed by atoms with E-state index >= 15 is 0 Å². The molecule has 0 amide bonds. The molecule has 0 bridgehead atoms. The Bertz CT molecular complexity index is 437. The maximum atomic E-state index is 11.7. The molecular weight excluding hydrogens is 290 g/mol. The van der Waals surface area contributed by atoms with Crippen LogP contribution in [0.1, 0.15) is 51.9 Å². The Morgan fingerprint density at radius 2 is 2.19 bits per heavy atom. The SMILES string of the molecule is CCCC1CC(O)(CC2CCCN(S(C)(=O)=O)C2)CCO1. The normalized spacial score (nSPS) is 35.8. The fraction of sp³-hybridized carbons (Fsp3) is 1.00. The van der Waals surface area contributed by atoms with E-state index in [-0.39, 0.29) is 12.0 Å². The number of hydrogen-bond donors (Lipinski definition) is 1. The van der Waals surface area contributed by atoms with E-state index in [0.717, 1.165) is 25.7 Å². The van der Waals surface area contributed by atoms with Crippen molar-refractivity contribution in [3.63, 3.8) is 0 Å². The summed E-state index contributed by atoms with van der Waals surface area (Å²) in [6.07, 6.45) is 7.44. The first-order valence-electron chi connectivity index (χ1n) is 8.11. The van der Waals surface area contributed by atoms with Gasteiger partial charge in [0.2, 0.25) is 10.0 Å². The third-order valence-electron chi connectivity index (χ3n) is 4.76. The molecule has 0 aliphatic carbocycles. The molecule has 0 aromatic rings. The highest BCUT2D eigenvalue weighted by Gasteiger charge is 2.38. The Kier molecular flexibility index (Phi) is 5.68. The Morgan fingerprint density at radius 3 is 2.86 bits per heavy atom. The van der Waals surface area contributed by atoms with Gasteiger partial charge in [0.1, 0.15) is 0 Å². The van der Waals surface area contributed by atoms with E-state index in [1.807, 2.05) is 0 Å². The first kappa shape index (κ1) is 17.2. The van der Waals surface area contributed by atoms with E-state index in [1.165, 1.54) is 6.26 Å². The number of ether oxygens (including phenoxy) is 1. The molecule has 1 N–H and O–H groups in total. The standard InChI is InChI=1S/C15H29NO4S/c1-3-5-14-11-15(17,7-9-20-14)10-13-6-4-8-16(12-13)21(2,18)19/h13-14,17H,3-12H2,1-2H3. The molecule has 0 aromatic carbocycles. The molecule has 5 nitrogen and oxygen atoms in total. The van der Waals surface area contributed by atoms with E-state index in [1.54, 1.807) is 4.31 Å². The zero-order valence-electron chi connectivity index (χ0n) is 13.3. The second kappa shape index (κ2) is 6.94. The fourth-order valence-corrected chi connectivity index (χ4v) is 4.67. The van der Waals surface area contributed by atoms with Crippen molar-refractivity contribution in [2.45, 2.75) is 63.6 Å². The third-order valence-corrected chi connectivity index (χ3v) is 6.03. The van der Waals surface area contributed by atoms with Crippen LogP contribution in [0.5, 0.6) is 0 Å². The highest BCUT2D eigenvalue weighted by Crippen LogP contribution is 2.35. The van der Waals surface area contributed by atoms with E-state index in [4.69, 9.17) is 4.74 Å². The van der Waals surface area contributed by atoms with Gasteiger partial charge in [0.05, 0.1) is 18.0 Å². The van der Waals surface area contributed by atoms with Crippen molar-refractivity contribution >= 4 is 10.0 Å². The minimum atomic E-state index is -3.11. The molecule has 21 heavy (non-hydrogen) atoms. The Hall–Kier alpha value is -0.170. The van der Waals surface area contributed by atoms with Crippen LogP contribution < -0.4 is 0 Å². The van der Waals surface area contributed by atoms with Gasteiger partial charge in [0.25, 0.3) is 0 Å². The van der Waals surface area contributed by atoms with Crippen LogP contribution in [-0.2, 0) is 14.8 Å². The molecule has 2 heterocycles. The summed E-state index contributed by atoms with van der Waals surface area (Å²) in [7, 11) is -3.11. The van der Waals surface area contributed by atoms with Gasteiger partial charge < -0.3 is 9.84 Å². The molecule has 2 fully saturated rings. The lowest BCUT2D eigenvalue weighted by atomic mass is 9.79. The summed E-state index contributed by atoms with van der Waals surface area (Å²) in [4.78, 5) is 0. The van der Waals surface area contributed by atoms with Gasteiger partial charge in [-0.3, -0.25) is 0 Å².